The molecular formula is C19H24N4O4S. The first-order valence-corrected chi connectivity index (χ1v) is 11.1. The first-order valence-electron chi connectivity index (χ1n) is 9.45. The van der Waals surface area contributed by atoms with Crippen molar-refractivity contribution in [3.8, 4) is 5.75 Å². The summed E-state index contributed by atoms with van der Waals surface area (Å²) in [4.78, 5) is 11.1. The average Bonchev–Trinajstić information content (AvgIpc) is 3.17. The van der Waals surface area contributed by atoms with Gasteiger partial charge in [0.2, 0.25) is 16.0 Å². The van der Waals surface area contributed by atoms with Gasteiger partial charge in [0.15, 0.2) is 0 Å². The van der Waals surface area contributed by atoms with E-state index in [0.29, 0.717) is 45.3 Å². The Kier molecular flexibility index (Phi) is 5.74. The van der Waals surface area contributed by atoms with Crippen LogP contribution in [0.4, 0.5) is 5.95 Å². The van der Waals surface area contributed by atoms with Crippen molar-refractivity contribution in [1.82, 2.24) is 14.3 Å². The summed E-state index contributed by atoms with van der Waals surface area (Å²) >= 11 is 0. The molecule has 1 aromatic carbocycles. The predicted molar refractivity (Wildman–Crippen MR) is 105 cm³/mol. The molecule has 1 aromatic heterocycles. The Hall–Kier alpha value is -2.23. The third kappa shape index (κ3) is 4.43. The molecule has 4 rings (SSSR count). The van der Waals surface area contributed by atoms with Crippen LogP contribution in [-0.4, -0.2) is 61.4 Å². The van der Waals surface area contributed by atoms with Crippen molar-refractivity contribution in [2.75, 3.05) is 43.6 Å². The summed E-state index contributed by atoms with van der Waals surface area (Å²) < 4.78 is 37.8. The summed E-state index contributed by atoms with van der Waals surface area (Å²) in [5, 5.41) is 0. The van der Waals surface area contributed by atoms with Gasteiger partial charge in [0.1, 0.15) is 5.75 Å². The maximum absolute atomic E-state index is 12.7. The molecular weight excluding hydrogens is 380 g/mol. The lowest BCUT2D eigenvalue weighted by molar-refractivity contribution is 0.122. The highest BCUT2D eigenvalue weighted by Gasteiger charge is 2.31. The third-order valence-corrected chi connectivity index (χ3v) is 6.71. The van der Waals surface area contributed by atoms with E-state index < -0.39 is 10.0 Å². The van der Waals surface area contributed by atoms with Crippen LogP contribution in [-0.2, 0) is 27.8 Å². The average molecular weight is 404 g/mol. The van der Waals surface area contributed by atoms with Crippen LogP contribution in [0.3, 0.4) is 0 Å². The van der Waals surface area contributed by atoms with Crippen LogP contribution >= 0.6 is 0 Å². The van der Waals surface area contributed by atoms with E-state index >= 15 is 0 Å². The molecule has 2 aliphatic heterocycles. The number of hydrogen-bond donors (Lipinski definition) is 0. The largest absolute Gasteiger partial charge is 0.494 e. The zero-order chi connectivity index (χ0) is 19.4. The number of para-hydroxylation sites is 1. The Labute approximate surface area is 165 Å². The fraction of sp³-hybridized carbons (Fsp3) is 0.474. The molecule has 1 saturated heterocycles. The van der Waals surface area contributed by atoms with Crippen molar-refractivity contribution in [2.24, 2.45) is 0 Å². The summed E-state index contributed by atoms with van der Waals surface area (Å²) in [6.07, 6.45) is 2.19. The van der Waals surface area contributed by atoms with E-state index in [1.165, 1.54) is 4.31 Å². The van der Waals surface area contributed by atoms with Crippen molar-refractivity contribution in [2.45, 2.75) is 19.5 Å². The van der Waals surface area contributed by atoms with Crippen LogP contribution in [0.5, 0.6) is 5.75 Å². The first-order chi connectivity index (χ1) is 13.6. The van der Waals surface area contributed by atoms with E-state index in [1.54, 1.807) is 6.20 Å². The standard InChI is InChI=1S/C19H24N4O4S/c24-28(25,12-4-9-27-17-5-2-1-3-6-17)23-14-16-13-20-19(21-18(16)15-23)22-7-10-26-11-8-22/h1-3,5-6,13H,4,7-12,14-15H2. The van der Waals surface area contributed by atoms with Gasteiger partial charge in [-0.05, 0) is 18.6 Å². The van der Waals surface area contributed by atoms with Gasteiger partial charge in [-0.3, -0.25) is 0 Å². The third-order valence-electron chi connectivity index (χ3n) is 4.86. The molecule has 2 aromatic rings. The second kappa shape index (κ2) is 8.42. The summed E-state index contributed by atoms with van der Waals surface area (Å²) in [5.41, 5.74) is 1.67. The van der Waals surface area contributed by atoms with E-state index in [4.69, 9.17) is 9.47 Å². The maximum Gasteiger partial charge on any atom is 0.225 e. The Balaban J connectivity index is 1.32. The Morgan fingerprint density at radius 3 is 2.68 bits per heavy atom. The fourth-order valence-electron chi connectivity index (χ4n) is 3.30. The van der Waals surface area contributed by atoms with Gasteiger partial charge in [0.05, 0.1) is 37.8 Å². The minimum absolute atomic E-state index is 0.0531. The zero-order valence-electron chi connectivity index (χ0n) is 15.7. The number of nitrogens with zero attached hydrogens (tertiary/aromatic N) is 4. The molecule has 0 unspecified atom stereocenters. The van der Waals surface area contributed by atoms with Crippen molar-refractivity contribution < 1.29 is 17.9 Å². The molecule has 150 valence electrons. The molecule has 0 bridgehead atoms. The second-order valence-electron chi connectivity index (χ2n) is 6.84. The zero-order valence-corrected chi connectivity index (χ0v) is 16.5. The van der Waals surface area contributed by atoms with Crippen LogP contribution in [0.2, 0.25) is 0 Å². The number of sulfonamides is 1. The van der Waals surface area contributed by atoms with Gasteiger partial charge in [-0.25, -0.2) is 18.4 Å². The second-order valence-corrected chi connectivity index (χ2v) is 8.93. The molecule has 2 aliphatic rings. The Morgan fingerprint density at radius 2 is 1.89 bits per heavy atom. The van der Waals surface area contributed by atoms with Gasteiger partial charge in [-0.1, -0.05) is 18.2 Å². The lowest BCUT2D eigenvalue weighted by Gasteiger charge is -2.26. The number of hydrogen-bond acceptors (Lipinski definition) is 7. The molecule has 0 amide bonds. The first kappa shape index (κ1) is 19.1. The Morgan fingerprint density at radius 1 is 1.11 bits per heavy atom. The normalized spacial score (nSPS) is 17.5. The monoisotopic (exact) mass is 404 g/mol. The van der Waals surface area contributed by atoms with E-state index in [0.717, 1.165) is 30.1 Å². The molecule has 0 atom stereocenters. The van der Waals surface area contributed by atoms with Gasteiger partial charge in [-0.15, -0.1) is 0 Å². The van der Waals surface area contributed by atoms with Crippen LogP contribution in [0.15, 0.2) is 36.5 Å². The summed E-state index contributed by atoms with van der Waals surface area (Å²) in [7, 11) is -3.37. The highest BCUT2D eigenvalue weighted by molar-refractivity contribution is 7.89. The minimum atomic E-state index is -3.37. The van der Waals surface area contributed by atoms with Crippen molar-refractivity contribution >= 4 is 16.0 Å². The topological polar surface area (TPSA) is 84.9 Å². The fourth-order valence-corrected chi connectivity index (χ4v) is 4.70. The summed E-state index contributed by atoms with van der Waals surface area (Å²) in [5.74, 6) is 1.45. The molecule has 0 aliphatic carbocycles. The van der Waals surface area contributed by atoms with Crippen LogP contribution in [0.25, 0.3) is 0 Å². The smallest absolute Gasteiger partial charge is 0.225 e. The summed E-state index contributed by atoms with van der Waals surface area (Å²) in [6.45, 7) is 3.82. The molecule has 8 nitrogen and oxygen atoms in total. The van der Waals surface area contributed by atoms with Crippen molar-refractivity contribution in [3.05, 3.63) is 47.8 Å². The molecule has 28 heavy (non-hydrogen) atoms. The maximum atomic E-state index is 12.7. The molecule has 9 heteroatoms. The van der Waals surface area contributed by atoms with Crippen LogP contribution in [0.1, 0.15) is 17.7 Å². The number of aromatic nitrogens is 2. The van der Waals surface area contributed by atoms with Crippen molar-refractivity contribution in [1.29, 1.82) is 0 Å². The number of benzene rings is 1. The van der Waals surface area contributed by atoms with Crippen LogP contribution in [0, 0.1) is 0 Å². The lowest BCUT2D eigenvalue weighted by Crippen LogP contribution is -2.37. The van der Waals surface area contributed by atoms with E-state index in [9.17, 15) is 8.42 Å². The van der Waals surface area contributed by atoms with Gasteiger partial charge >= 0.3 is 0 Å². The summed E-state index contributed by atoms with van der Waals surface area (Å²) in [6, 6.07) is 9.40. The highest BCUT2D eigenvalue weighted by atomic mass is 32.2. The SMILES string of the molecule is O=S(=O)(CCCOc1ccccc1)N1Cc2cnc(N3CCOCC3)nc2C1. The van der Waals surface area contributed by atoms with Gasteiger partial charge in [0.25, 0.3) is 0 Å². The molecule has 0 saturated carbocycles. The van der Waals surface area contributed by atoms with Crippen LogP contribution < -0.4 is 9.64 Å². The Bertz CT molecular complexity index is 901. The molecule has 0 spiro atoms. The number of rotatable bonds is 7. The van der Waals surface area contributed by atoms with E-state index in [-0.39, 0.29) is 5.75 Å². The quantitative estimate of drug-likeness (QED) is 0.646. The molecule has 1 fully saturated rings. The lowest BCUT2D eigenvalue weighted by atomic mass is 10.3. The highest BCUT2D eigenvalue weighted by Crippen LogP contribution is 2.25. The minimum Gasteiger partial charge on any atom is -0.494 e. The van der Waals surface area contributed by atoms with Crippen molar-refractivity contribution in [3.63, 3.8) is 0 Å². The van der Waals surface area contributed by atoms with Gasteiger partial charge in [-0.2, -0.15) is 4.31 Å². The van der Waals surface area contributed by atoms with E-state index in [2.05, 4.69) is 14.9 Å². The van der Waals surface area contributed by atoms with E-state index in [1.807, 2.05) is 30.3 Å². The number of fused-ring (bicyclic) bond motifs is 1. The van der Waals surface area contributed by atoms with Gasteiger partial charge in [0, 0.05) is 31.4 Å². The van der Waals surface area contributed by atoms with Gasteiger partial charge < -0.3 is 14.4 Å². The molecule has 0 radical (unpaired) electrons. The molecule has 3 heterocycles. The number of morpholine rings is 1. The number of anilines is 1. The number of ether oxygens (including phenoxy) is 2. The molecule has 0 N–H and O–H groups in total. The predicted octanol–water partition coefficient (Wildman–Crippen LogP) is 1.43.